The van der Waals surface area contributed by atoms with Gasteiger partial charge in [-0.1, -0.05) is 24.3 Å². The molecule has 14 heavy (non-hydrogen) atoms. The van der Waals surface area contributed by atoms with Gasteiger partial charge in [0.25, 0.3) is 0 Å². The van der Waals surface area contributed by atoms with Crippen molar-refractivity contribution in [2.75, 3.05) is 13.2 Å². The fourth-order valence-corrected chi connectivity index (χ4v) is 1.25. The number of hydrogen-bond donors (Lipinski definition) is 3. The molecule has 1 aromatic rings. The standard InChI is InChI=1S/C11H17NO2/c1-9-4-2-3-5-10(9)6-12-7-11(14)8-13/h2-5,11-14H,6-8H2,1H3. The van der Waals surface area contributed by atoms with Gasteiger partial charge in [-0.3, -0.25) is 0 Å². The van der Waals surface area contributed by atoms with Gasteiger partial charge in [-0.15, -0.1) is 0 Å². The third-order valence-corrected chi connectivity index (χ3v) is 2.17. The van der Waals surface area contributed by atoms with E-state index in [4.69, 9.17) is 10.2 Å². The van der Waals surface area contributed by atoms with E-state index in [2.05, 4.69) is 18.3 Å². The van der Waals surface area contributed by atoms with Crippen molar-refractivity contribution < 1.29 is 10.2 Å². The second-order valence-corrected chi connectivity index (χ2v) is 3.39. The zero-order valence-electron chi connectivity index (χ0n) is 8.40. The summed E-state index contributed by atoms with van der Waals surface area (Å²) < 4.78 is 0. The van der Waals surface area contributed by atoms with Crippen molar-refractivity contribution in [1.82, 2.24) is 5.32 Å². The largest absolute Gasteiger partial charge is 0.394 e. The third-order valence-electron chi connectivity index (χ3n) is 2.17. The molecule has 0 heterocycles. The minimum absolute atomic E-state index is 0.194. The first kappa shape index (κ1) is 11.2. The molecular weight excluding hydrogens is 178 g/mol. The Morgan fingerprint density at radius 2 is 2.07 bits per heavy atom. The number of aliphatic hydroxyl groups excluding tert-OH is 2. The lowest BCUT2D eigenvalue weighted by Gasteiger charge is -2.10. The summed E-state index contributed by atoms with van der Waals surface area (Å²) in [7, 11) is 0. The normalized spacial score (nSPS) is 12.8. The van der Waals surface area contributed by atoms with Gasteiger partial charge in [0.05, 0.1) is 12.7 Å². The van der Waals surface area contributed by atoms with Crippen molar-refractivity contribution in [3.05, 3.63) is 35.4 Å². The number of aryl methyl sites for hydroxylation is 1. The fourth-order valence-electron chi connectivity index (χ4n) is 1.25. The molecule has 0 aromatic heterocycles. The average molecular weight is 195 g/mol. The molecule has 3 N–H and O–H groups in total. The number of aliphatic hydroxyl groups is 2. The predicted octanol–water partition coefficient (Wildman–Crippen LogP) is 0.438. The molecule has 1 atom stereocenters. The molecule has 0 bridgehead atoms. The zero-order valence-corrected chi connectivity index (χ0v) is 8.40. The van der Waals surface area contributed by atoms with Crippen LogP contribution in [0.25, 0.3) is 0 Å². The Labute approximate surface area is 84.4 Å². The summed E-state index contributed by atoms with van der Waals surface area (Å²) in [6.45, 7) is 3.01. The molecule has 0 aliphatic rings. The Morgan fingerprint density at radius 1 is 1.36 bits per heavy atom. The minimum Gasteiger partial charge on any atom is -0.394 e. The summed E-state index contributed by atoms with van der Waals surface area (Å²) in [6, 6.07) is 8.10. The van der Waals surface area contributed by atoms with Gasteiger partial charge in [0.15, 0.2) is 0 Å². The zero-order chi connectivity index (χ0) is 10.4. The van der Waals surface area contributed by atoms with Crippen LogP contribution in [-0.4, -0.2) is 29.5 Å². The molecule has 3 nitrogen and oxygen atoms in total. The highest BCUT2D eigenvalue weighted by atomic mass is 16.3. The van der Waals surface area contributed by atoms with Crippen LogP contribution < -0.4 is 5.32 Å². The van der Waals surface area contributed by atoms with E-state index in [1.54, 1.807) is 0 Å². The lowest BCUT2D eigenvalue weighted by molar-refractivity contribution is 0.0942. The van der Waals surface area contributed by atoms with Crippen LogP contribution in [0.1, 0.15) is 11.1 Å². The number of hydrogen-bond acceptors (Lipinski definition) is 3. The first-order valence-electron chi connectivity index (χ1n) is 4.78. The van der Waals surface area contributed by atoms with Crippen LogP contribution in [0.2, 0.25) is 0 Å². The Morgan fingerprint density at radius 3 is 2.71 bits per heavy atom. The molecular formula is C11H17NO2. The molecule has 0 aliphatic heterocycles. The van der Waals surface area contributed by atoms with Crippen LogP contribution in [-0.2, 0) is 6.54 Å². The molecule has 0 fully saturated rings. The van der Waals surface area contributed by atoms with Crippen LogP contribution in [0.5, 0.6) is 0 Å². The maximum Gasteiger partial charge on any atom is 0.0895 e. The van der Waals surface area contributed by atoms with E-state index < -0.39 is 6.10 Å². The summed E-state index contributed by atoms with van der Waals surface area (Å²) in [5, 5.41) is 20.8. The molecule has 0 saturated heterocycles. The van der Waals surface area contributed by atoms with Crippen LogP contribution in [0.4, 0.5) is 0 Å². The number of nitrogens with one attached hydrogen (secondary N) is 1. The van der Waals surface area contributed by atoms with E-state index >= 15 is 0 Å². The van der Waals surface area contributed by atoms with Crippen LogP contribution in [0, 0.1) is 6.92 Å². The Hall–Kier alpha value is -0.900. The smallest absolute Gasteiger partial charge is 0.0895 e. The molecule has 1 aromatic carbocycles. The predicted molar refractivity (Wildman–Crippen MR) is 56.0 cm³/mol. The average Bonchev–Trinajstić information content (AvgIpc) is 2.20. The lowest BCUT2D eigenvalue weighted by atomic mass is 10.1. The fraction of sp³-hybridized carbons (Fsp3) is 0.455. The van der Waals surface area contributed by atoms with Gasteiger partial charge in [-0.2, -0.15) is 0 Å². The van der Waals surface area contributed by atoms with Gasteiger partial charge >= 0.3 is 0 Å². The highest BCUT2D eigenvalue weighted by molar-refractivity contribution is 5.25. The third kappa shape index (κ3) is 3.46. The summed E-state index contributed by atoms with van der Waals surface area (Å²) in [6.07, 6.45) is -0.668. The lowest BCUT2D eigenvalue weighted by Crippen LogP contribution is -2.29. The summed E-state index contributed by atoms with van der Waals surface area (Å²) >= 11 is 0. The summed E-state index contributed by atoms with van der Waals surface area (Å²) in [5.74, 6) is 0. The molecule has 78 valence electrons. The molecule has 0 saturated carbocycles. The molecule has 3 heteroatoms. The van der Waals surface area contributed by atoms with E-state index in [-0.39, 0.29) is 6.61 Å². The highest BCUT2D eigenvalue weighted by Gasteiger charge is 2.01. The molecule has 0 amide bonds. The summed E-state index contributed by atoms with van der Waals surface area (Å²) in [5.41, 5.74) is 2.45. The van der Waals surface area contributed by atoms with Crippen LogP contribution >= 0.6 is 0 Å². The Balaban J connectivity index is 2.35. The molecule has 1 unspecified atom stereocenters. The minimum atomic E-state index is -0.668. The molecule has 0 radical (unpaired) electrons. The van der Waals surface area contributed by atoms with E-state index in [1.807, 2.05) is 18.2 Å². The molecule has 0 spiro atoms. The van der Waals surface area contributed by atoms with E-state index in [9.17, 15) is 0 Å². The Bertz CT molecular complexity index is 276. The van der Waals surface area contributed by atoms with Crippen molar-refractivity contribution in [1.29, 1.82) is 0 Å². The summed E-state index contributed by atoms with van der Waals surface area (Å²) in [4.78, 5) is 0. The monoisotopic (exact) mass is 195 g/mol. The molecule has 1 rings (SSSR count). The second kappa shape index (κ2) is 5.75. The van der Waals surface area contributed by atoms with Gasteiger partial charge in [0, 0.05) is 13.1 Å². The van der Waals surface area contributed by atoms with E-state index in [0.717, 1.165) is 6.54 Å². The molecule has 0 aliphatic carbocycles. The van der Waals surface area contributed by atoms with E-state index in [1.165, 1.54) is 11.1 Å². The quantitative estimate of drug-likeness (QED) is 0.639. The van der Waals surface area contributed by atoms with Crippen LogP contribution in [0.3, 0.4) is 0 Å². The van der Waals surface area contributed by atoms with Gasteiger partial charge in [-0.25, -0.2) is 0 Å². The number of rotatable bonds is 5. The van der Waals surface area contributed by atoms with Gasteiger partial charge in [0.1, 0.15) is 0 Å². The van der Waals surface area contributed by atoms with Crippen molar-refractivity contribution in [3.63, 3.8) is 0 Å². The maximum absolute atomic E-state index is 9.09. The highest BCUT2D eigenvalue weighted by Crippen LogP contribution is 2.05. The van der Waals surface area contributed by atoms with Crippen molar-refractivity contribution in [2.24, 2.45) is 0 Å². The van der Waals surface area contributed by atoms with Crippen molar-refractivity contribution in [3.8, 4) is 0 Å². The van der Waals surface area contributed by atoms with Crippen molar-refractivity contribution in [2.45, 2.75) is 19.6 Å². The van der Waals surface area contributed by atoms with Crippen molar-refractivity contribution >= 4 is 0 Å². The SMILES string of the molecule is Cc1ccccc1CNCC(O)CO. The Kier molecular flexibility index (Phi) is 4.59. The van der Waals surface area contributed by atoms with Gasteiger partial charge in [-0.05, 0) is 18.1 Å². The number of benzene rings is 1. The second-order valence-electron chi connectivity index (χ2n) is 3.39. The topological polar surface area (TPSA) is 52.5 Å². The van der Waals surface area contributed by atoms with Gasteiger partial charge in [0.2, 0.25) is 0 Å². The maximum atomic E-state index is 9.09. The van der Waals surface area contributed by atoms with Gasteiger partial charge < -0.3 is 15.5 Å². The van der Waals surface area contributed by atoms with Crippen LogP contribution in [0.15, 0.2) is 24.3 Å². The first-order chi connectivity index (χ1) is 6.74. The van der Waals surface area contributed by atoms with E-state index in [0.29, 0.717) is 6.54 Å². The first-order valence-corrected chi connectivity index (χ1v) is 4.78.